The molecule has 0 unspecified atom stereocenters. The highest BCUT2D eigenvalue weighted by atomic mass is 16.5. The summed E-state index contributed by atoms with van der Waals surface area (Å²) >= 11 is 0. The second-order valence-corrected chi connectivity index (χ2v) is 5.99. The van der Waals surface area contributed by atoms with Crippen LogP contribution in [0.5, 0.6) is 0 Å². The van der Waals surface area contributed by atoms with Gasteiger partial charge in [0.2, 0.25) is 0 Å². The number of rotatable bonds is 3. The number of nitrogens with one attached hydrogen (secondary N) is 1. The summed E-state index contributed by atoms with van der Waals surface area (Å²) in [6.07, 6.45) is 1.64. The number of hydrogen-bond acceptors (Lipinski definition) is 5. The van der Waals surface area contributed by atoms with Crippen LogP contribution in [0.1, 0.15) is 21.6 Å². The zero-order valence-corrected chi connectivity index (χ0v) is 14.4. The molecule has 1 N–H and O–H groups in total. The zero-order valence-electron chi connectivity index (χ0n) is 14.4. The minimum atomic E-state index is -0.275. The van der Waals surface area contributed by atoms with Gasteiger partial charge in [-0.3, -0.25) is 4.79 Å². The first-order valence-electron chi connectivity index (χ1n) is 8.19. The van der Waals surface area contributed by atoms with E-state index in [1.165, 1.54) is 0 Å². The summed E-state index contributed by atoms with van der Waals surface area (Å²) in [5, 5.41) is 7.44. The van der Waals surface area contributed by atoms with E-state index in [2.05, 4.69) is 20.4 Å². The smallest absolute Gasteiger partial charge is 0.259 e. The normalized spacial score (nSPS) is 10.8. The lowest BCUT2D eigenvalue weighted by atomic mass is 10.1. The average Bonchev–Trinajstić information content (AvgIpc) is 3.04. The Morgan fingerprint density at radius 2 is 1.88 bits per heavy atom. The molecule has 0 aliphatic rings. The number of aryl methyl sites for hydroxylation is 2. The molecule has 4 rings (SSSR count). The van der Waals surface area contributed by atoms with Gasteiger partial charge in [-0.1, -0.05) is 41.6 Å². The molecule has 3 aromatic heterocycles. The van der Waals surface area contributed by atoms with Gasteiger partial charge in [-0.15, -0.1) is 0 Å². The second kappa shape index (κ2) is 6.40. The van der Waals surface area contributed by atoms with E-state index in [1.807, 2.05) is 49.4 Å². The van der Waals surface area contributed by atoms with Crippen LogP contribution in [0.3, 0.4) is 0 Å². The number of hydrogen-bond donors (Lipinski definition) is 1. The van der Waals surface area contributed by atoms with Crippen molar-refractivity contribution in [3.05, 3.63) is 71.5 Å². The molecular weight excluding hydrogens is 328 g/mol. The van der Waals surface area contributed by atoms with Gasteiger partial charge in [0.05, 0.1) is 22.3 Å². The predicted octanol–water partition coefficient (Wildman–Crippen LogP) is 4.15. The van der Waals surface area contributed by atoms with Gasteiger partial charge < -0.3 is 9.84 Å². The lowest BCUT2D eigenvalue weighted by Crippen LogP contribution is -2.15. The number of benzene rings is 1. The lowest BCUT2D eigenvalue weighted by Gasteiger charge is -2.09. The molecule has 1 aromatic carbocycles. The van der Waals surface area contributed by atoms with E-state index in [9.17, 15) is 4.79 Å². The van der Waals surface area contributed by atoms with E-state index >= 15 is 0 Å². The van der Waals surface area contributed by atoms with Gasteiger partial charge in [0, 0.05) is 11.8 Å². The number of nitrogens with zero attached hydrogens (tertiary/aromatic N) is 3. The molecule has 0 atom stereocenters. The summed E-state index contributed by atoms with van der Waals surface area (Å²) in [6.45, 7) is 3.68. The van der Waals surface area contributed by atoms with Crippen molar-refractivity contribution < 1.29 is 9.32 Å². The van der Waals surface area contributed by atoms with Crippen molar-refractivity contribution in [1.29, 1.82) is 0 Å². The third kappa shape index (κ3) is 2.82. The number of carbonyl (C=O) groups excluding carboxylic acids is 1. The molecule has 26 heavy (non-hydrogen) atoms. The summed E-state index contributed by atoms with van der Waals surface area (Å²) in [4.78, 5) is 21.7. The maximum absolute atomic E-state index is 13.0. The molecule has 0 aliphatic carbocycles. The Hall–Kier alpha value is -3.54. The fraction of sp³-hybridized carbons (Fsp3) is 0.100. The summed E-state index contributed by atoms with van der Waals surface area (Å²) in [7, 11) is 0. The predicted molar refractivity (Wildman–Crippen MR) is 98.9 cm³/mol. The van der Waals surface area contributed by atoms with E-state index in [0.29, 0.717) is 33.9 Å². The molecule has 0 saturated heterocycles. The molecule has 0 spiro atoms. The van der Waals surface area contributed by atoms with Crippen molar-refractivity contribution >= 4 is 22.8 Å². The first kappa shape index (κ1) is 16.0. The molecule has 0 aliphatic heterocycles. The van der Waals surface area contributed by atoms with Crippen LogP contribution < -0.4 is 5.32 Å². The van der Waals surface area contributed by atoms with Crippen molar-refractivity contribution in [1.82, 2.24) is 15.1 Å². The number of amides is 1. The van der Waals surface area contributed by atoms with Crippen molar-refractivity contribution in [2.75, 3.05) is 5.32 Å². The molecule has 4 aromatic rings. The zero-order chi connectivity index (χ0) is 18.1. The number of fused-ring (bicyclic) bond motifs is 1. The van der Waals surface area contributed by atoms with Crippen LogP contribution in [0.25, 0.3) is 22.4 Å². The van der Waals surface area contributed by atoms with Gasteiger partial charge in [-0.2, -0.15) is 0 Å². The summed E-state index contributed by atoms with van der Waals surface area (Å²) in [6, 6.07) is 15.1. The largest absolute Gasteiger partial charge is 0.335 e. The molecular formula is C20H16N4O2. The van der Waals surface area contributed by atoms with Crippen LogP contribution in [-0.4, -0.2) is 21.0 Å². The first-order valence-corrected chi connectivity index (χ1v) is 8.19. The Labute approximate surface area is 149 Å². The molecule has 6 nitrogen and oxygen atoms in total. The standard InChI is InChI=1S/C20H16N4O2/c1-12-7-6-10-21-18(12)23-19(25)15-11-16(14-8-4-3-5-9-14)22-20-17(15)13(2)24-26-20/h3-11H,1-2H3,(H,21,23,25). The highest BCUT2D eigenvalue weighted by Gasteiger charge is 2.20. The highest BCUT2D eigenvalue weighted by Crippen LogP contribution is 2.27. The molecule has 0 bridgehead atoms. The van der Waals surface area contributed by atoms with Crippen molar-refractivity contribution in [2.24, 2.45) is 0 Å². The average molecular weight is 344 g/mol. The van der Waals surface area contributed by atoms with Crippen LogP contribution in [0.2, 0.25) is 0 Å². The Bertz CT molecular complexity index is 1100. The third-order valence-electron chi connectivity index (χ3n) is 4.17. The van der Waals surface area contributed by atoms with Gasteiger partial charge >= 0.3 is 0 Å². The number of anilines is 1. The minimum absolute atomic E-state index is 0.275. The maximum Gasteiger partial charge on any atom is 0.259 e. The van der Waals surface area contributed by atoms with Crippen LogP contribution in [0.4, 0.5) is 5.82 Å². The Morgan fingerprint density at radius 3 is 2.65 bits per heavy atom. The molecule has 0 fully saturated rings. The van der Waals surface area contributed by atoms with E-state index in [1.54, 1.807) is 19.2 Å². The molecule has 1 amide bonds. The van der Waals surface area contributed by atoms with Crippen LogP contribution in [0, 0.1) is 13.8 Å². The van der Waals surface area contributed by atoms with E-state index in [-0.39, 0.29) is 5.91 Å². The first-order chi connectivity index (χ1) is 12.6. The minimum Gasteiger partial charge on any atom is -0.335 e. The van der Waals surface area contributed by atoms with Crippen molar-refractivity contribution in [3.63, 3.8) is 0 Å². The number of pyridine rings is 2. The van der Waals surface area contributed by atoms with Gasteiger partial charge in [-0.25, -0.2) is 9.97 Å². The van der Waals surface area contributed by atoms with Crippen LogP contribution >= 0.6 is 0 Å². The molecule has 128 valence electrons. The van der Waals surface area contributed by atoms with Gasteiger partial charge in [-0.05, 0) is 31.5 Å². The Morgan fingerprint density at radius 1 is 1.08 bits per heavy atom. The van der Waals surface area contributed by atoms with Crippen molar-refractivity contribution in [2.45, 2.75) is 13.8 Å². The summed E-state index contributed by atoms with van der Waals surface area (Å²) in [5.41, 5.74) is 3.85. The summed E-state index contributed by atoms with van der Waals surface area (Å²) < 4.78 is 5.32. The van der Waals surface area contributed by atoms with Crippen LogP contribution in [-0.2, 0) is 0 Å². The molecule has 0 radical (unpaired) electrons. The number of aromatic nitrogens is 3. The third-order valence-corrected chi connectivity index (χ3v) is 4.17. The molecule has 6 heteroatoms. The Balaban J connectivity index is 1.84. The van der Waals surface area contributed by atoms with E-state index in [4.69, 9.17) is 4.52 Å². The topological polar surface area (TPSA) is 80.9 Å². The fourth-order valence-electron chi connectivity index (χ4n) is 2.82. The fourth-order valence-corrected chi connectivity index (χ4v) is 2.82. The van der Waals surface area contributed by atoms with Crippen molar-refractivity contribution in [3.8, 4) is 11.3 Å². The van der Waals surface area contributed by atoms with Crippen LogP contribution in [0.15, 0.2) is 59.3 Å². The van der Waals surface area contributed by atoms with Gasteiger partial charge in [0.25, 0.3) is 11.6 Å². The molecule has 3 heterocycles. The number of carbonyl (C=O) groups is 1. The monoisotopic (exact) mass is 344 g/mol. The van der Waals surface area contributed by atoms with Gasteiger partial charge in [0.1, 0.15) is 5.82 Å². The van der Waals surface area contributed by atoms with E-state index in [0.717, 1.165) is 11.1 Å². The maximum atomic E-state index is 13.0. The molecule has 0 saturated carbocycles. The second-order valence-electron chi connectivity index (χ2n) is 5.99. The highest BCUT2D eigenvalue weighted by molar-refractivity contribution is 6.12. The van der Waals surface area contributed by atoms with E-state index < -0.39 is 0 Å². The SMILES string of the molecule is Cc1cccnc1NC(=O)c1cc(-c2ccccc2)nc2onc(C)c12. The van der Waals surface area contributed by atoms with Gasteiger partial charge in [0.15, 0.2) is 0 Å². The quantitative estimate of drug-likeness (QED) is 0.604. The summed E-state index contributed by atoms with van der Waals surface area (Å²) in [5.74, 6) is 0.250. The Kier molecular flexibility index (Phi) is 3.93. The lowest BCUT2D eigenvalue weighted by molar-refractivity contribution is 0.102.